The summed E-state index contributed by atoms with van der Waals surface area (Å²) in [6.07, 6.45) is 1.75. The van der Waals surface area contributed by atoms with E-state index in [1.807, 2.05) is 32.9 Å². The summed E-state index contributed by atoms with van der Waals surface area (Å²) in [7, 11) is 0. The number of hydrogen-bond donors (Lipinski definition) is 4. The molecular formula is C15H22N6O. The molecule has 0 fully saturated rings. The van der Waals surface area contributed by atoms with Crippen molar-refractivity contribution in [1.82, 2.24) is 20.5 Å². The number of nitrogens with two attached hydrogens (primary N) is 1. The molecule has 2 aromatic rings. The van der Waals surface area contributed by atoms with E-state index in [0.29, 0.717) is 13.1 Å². The molecule has 0 aromatic carbocycles. The molecule has 0 saturated carbocycles. The zero-order chi connectivity index (χ0) is 16.1. The van der Waals surface area contributed by atoms with Crippen LogP contribution in [0.2, 0.25) is 0 Å². The van der Waals surface area contributed by atoms with Gasteiger partial charge in [0.1, 0.15) is 11.9 Å². The fourth-order valence-electron chi connectivity index (χ4n) is 2.27. The monoisotopic (exact) mass is 302 g/mol. The van der Waals surface area contributed by atoms with Gasteiger partial charge in [-0.25, -0.2) is 4.98 Å². The number of carbonyl (C=O) groups excluding carboxylic acids is 1. The highest BCUT2D eigenvalue weighted by molar-refractivity contribution is 5.83. The standard InChI is InChI=1S/C15H22N6O/c1-9-4-5-17-12(8-9)18-6-7-19-15(22)14(16)13-10(2)20-21-11(13)3/h4-5,8,14H,6-7,16H2,1-3H3,(H,17,18)(H,19,22)(H,20,21). The fraction of sp³-hybridized carbons (Fsp3) is 0.400. The number of pyridine rings is 1. The molecule has 22 heavy (non-hydrogen) atoms. The van der Waals surface area contributed by atoms with Crippen molar-refractivity contribution in [2.45, 2.75) is 26.8 Å². The first-order valence-corrected chi connectivity index (χ1v) is 7.20. The fourth-order valence-corrected chi connectivity index (χ4v) is 2.27. The van der Waals surface area contributed by atoms with Crippen LogP contribution in [0.4, 0.5) is 5.82 Å². The van der Waals surface area contributed by atoms with Gasteiger partial charge in [0.25, 0.3) is 0 Å². The predicted molar refractivity (Wildman–Crippen MR) is 85.5 cm³/mol. The second-order valence-corrected chi connectivity index (χ2v) is 5.26. The van der Waals surface area contributed by atoms with Gasteiger partial charge in [-0.3, -0.25) is 9.89 Å². The zero-order valence-corrected chi connectivity index (χ0v) is 13.1. The molecule has 0 aliphatic carbocycles. The van der Waals surface area contributed by atoms with Crippen LogP contribution in [0.25, 0.3) is 0 Å². The summed E-state index contributed by atoms with van der Waals surface area (Å²) in [5.74, 6) is 0.576. The molecule has 0 bridgehead atoms. The zero-order valence-electron chi connectivity index (χ0n) is 13.1. The van der Waals surface area contributed by atoms with Gasteiger partial charge in [0.2, 0.25) is 5.91 Å². The molecule has 0 radical (unpaired) electrons. The molecular weight excluding hydrogens is 280 g/mol. The minimum atomic E-state index is -0.712. The van der Waals surface area contributed by atoms with Crippen molar-refractivity contribution < 1.29 is 4.79 Å². The lowest BCUT2D eigenvalue weighted by Gasteiger charge is -2.13. The van der Waals surface area contributed by atoms with Crippen molar-refractivity contribution in [2.75, 3.05) is 18.4 Å². The lowest BCUT2D eigenvalue weighted by Crippen LogP contribution is -2.37. The summed E-state index contributed by atoms with van der Waals surface area (Å²) >= 11 is 0. The number of carbonyl (C=O) groups is 1. The van der Waals surface area contributed by atoms with Crippen molar-refractivity contribution in [1.29, 1.82) is 0 Å². The minimum absolute atomic E-state index is 0.216. The molecule has 1 unspecified atom stereocenters. The summed E-state index contributed by atoms with van der Waals surface area (Å²) < 4.78 is 0. The molecule has 0 saturated heterocycles. The van der Waals surface area contributed by atoms with Crippen LogP contribution in [0.5, 0.6) is 0 Å². The number of aryl methyl sites for hydroxylation is 3. The molecule has 1 amide bonds. The first kappa shape index (κ1) is 16.0. The predicted octanol–water partition coefficient (Wildman–Crippen LogP) is 0.958. The normalized spacial score (nSPS) is 12.0. The van der Waals surface area contributed by atoms with Crippen LogP contribution in [0.1, 0.15) is 28.6 Å². The van der Waals surface area contributed by atoms with E-state index in [0.717, 1.165) is 28.3 Å². The number of aromatic nitrogens is 3. The molecule has 118 valence electrons. The summed E-state index contributed by atoms with van der Waals surface area (Å²) in [5.41, 5.74) is 9.46. The van der Waals surface area contributed by atoms with E-state index in [-0.39, 0.29) is 5.91 Å². The van der Waals surface area contributed by atoms with Crippen LogP contribution < -0.4 is 16.4 Å². The van der Waals surface area contributed by atoms with Crippen molar-refractivity contribution in [2.24, 2.45) is 5.73 Å². The summed E-state index contributed by atoms with van der Waals surface area (Å²) in [6, 6.07) is 3.17. The van der Waals surface area contributed by atoms with E-state index >= 15 is 0 Å². The Labute approximate surface area is 129 Å². The molecule has 7 heteroatoms. The molecule has 0 aliphatic heterocycles. The van der Waals surface area contributed by atoms with E-state index in [4.69, 9.17) is 5.73 Å². The average molecular weight is 302 g/mol. The number of amides is 1. The van der Waals surface area contributed by atoms with Gasteiger partial charge >= 0.3 is 0 Å². The van der Waals surface area contributed by atoms with E-state index in [2.05, 4.69) is 25.8 Å². The average Bonchev–Trinajstić information content (AvgIpc) is 2.82. The summed E-state index contributed by atoms with van der Waals surface area (Å²) in [4.78, 5) is 16.3. The molecule has 0 spiro atoms. The smallest absolute Gasteiger partial charge is 0.241 e. The van der Waals surface area contributed by atoms with Gasteiger partial charge < -0.3 is 16.4 Å². The maximum atomic E-state index is 12.1. The maximum Gasteiger partial charge on any atom is 0.241 e. The van der Waals surface area contributed by atoms with Crippen LogP contribution in [-0.2, 0) is 4.79 Å². The van der Waals surface area contributed by atoms with Crippen LogP contribution in [0.15, 0.2) is 18.3 Å². The third-order valence-corrected chi connectivity index (χ3v) is 3.42. The van der Waals surface area contributed by atoms with Gasteiger partial charge in [0.05, 0.1) is 5.69 Å². The summed E-state index contributed by atoms with van der Waals surface area (Å²) in [6.45, 7) is 6.74. The maximum absolute atomic E-state index is 12.1. The molecule has 2 rings (SSSR count). The summed E-state index contributed by atoms with van der Waals surface area (Å²) in [5, 5.41) is 12.9. The Hall–Kier alpha value is -2.41. The van der Waals surface area contributed by atoms with E-state index in [9.17, 15) is 4.79 Å². The number of aromatic amines is 1. The van der Waals surface area contributed by atoms with E-state index < -0.39 is 6.04 Å². The number of anilines is 1. The quantitative estimate of drug-likeness (QED) is 0.594. The largest absolute Gasteiger partial charge is 0.368 e. The highest BCUT2D eigenvalue weighted by atomic mass is 16.2. The second kappa shape index (κ2) is 7.04. The van der Waals surface area contributed by atoms with Crippen LogP contribution in [-0.4, -0.2) is 34.2 Å². The van der Waals surface area contributed by atoms with Gasteiger partial charge in [-0.2, -0.15) is 5.10 Å². The van der Waals surface area contributed by atoms with Gasteiger partial charge in [-0.05, 0) is 38.5 Å². The number of hydrogen-bond acceptors (Lipinski definition) is 5. The molecule has 2 heterocycles. The third-order valence-electron chi connectivity index (χ3n) is 3.42. The van der Waals surface area contributed by atoms with E-state index in [1.54, 1.807) is 6.20 Å². The number of H-pyrrole nitrogens is 1. The van der Waals surface area contributed by atoms with Crippen LogP contribution in [0, 0.1) is 20.8 Å². The Kier molecular flexibility index (Phi) is 5.11. The van der Waals surface area contributed by atoms with Crippen LogP contribution in [0.3, 0.4) is 0 Å². The molecule has 7 nitrogen and oxygen atoms in total. The minimum Gasteiger partial charge on any atom is -0.368 e. The molecule has 0 aliphatic rings. The molecule has 1 atom stereocenters. The first-order chi connectivity index (χ1) is 10.5. The van der Waals surface area contributed by atoms with Crippen molar-refractivity contribution >= 4 is 11.7 Å². The van der Waals surface area contributed by atoms with Crippen molar-refractivity contribution in [3.63, 3.8) is 0 Å². The lowest BCUT2D eigenvalue weighted by atomic mass is 10.1. The highest BCUT2D eigenvalue weighted by Crippen LogP contribution is 2.17. The Morgan fingerprint density at radius 2 is 2.14 bits per heavy atom. The lowest BCUT2D eigenvalue weighted by molar-refractivity contribution is -0.122. The second-order valence-electron chi connectivity index (χ2n) is 5.26. The Balaban J connectivity index is 1.81. The Morgan fingerprint density at radius 3 is 2.77 bits per heavy atom. The highest BCUT2D eigenvalue weighted by Gasteiger charge is 2.21. The topological polar surface area (TPSA) is 109 Å². The van der Waals surface area contributed by atoms with Crippen LogP contribution >= 0.6 is 0 Å². The van der Waals surface area contributed by atoms with E-state index in [1.165, 1.54) is 0 Å². The van der Waals surface area contributed by atoms with Crippen molar-refractivity contribution in [3.05, 3.63) is 40.8 Å². The van der Waals surface area contributed by atoms with Gasteiger partial charge in [0, 0.05) is 30.5 Å². The first-order valence-electron chi connectivity index (χ1n) is 7.20. The SMILES string of the molecule is Cc1ccnc(NCCNC(=O)C(N)c2c(C)n[nH]c2C)c1. The number of nitrogens with zero attached hydrogens (tertiary/aromatic N) is 2. The van der Waals surface area contributed by atoms with Gasteiger partial charge in [-0.1, -0.05) is 0 Å². The van der Waals surface area contributed by atoms with Gasteiger partial charge in [0.15, 0.2) is 0 Å². The Bertz CT molecular complexity index is 632. The van der Waals surface area contributed by atoms with Gasteiger partial charge in [-0.15, -0.1) is 0 Å². The molecule has 2 aromatic heterocycles. The van der Waals surface area contributed by atoms with Crippen molar-refractivity contribution in [3.8, 4) is 0 Å². The number of rotatable bonds is 6. The third kappa shape index (κ3) is 3.82. The number of nitrogens with one attached hydrogen (secondary N) is 3. The Morgan fingerprint density at radius 1 is 1.36 bits per heavy atom. The molecule has 5 N–H and O–H groups in total.